The van der Waals surface area contributed by atoms with Gasteiger partial charge in [0.15, 0.2) is 0 Å². The van der Waals surface area contributed by atoms with Gasteiger partial charge in [-0.1, -0.05) is 81.7 Å². The van der Waals surface area contributed by atoms with Gasteiger partial charge in [0.2, 0.25) is 0 Å². The van der Waals surface area contributed by atoms with E-state index >= 15 is 0 Å². The van der Waals surface area contributed by atoms with E-state index in [-0.39, 0.29) is 0 Å². The lowest BCUT2D eigenvalue weighted by Gasteiger charge is -2.15. The molecule has 19 heavy (non-hydrogen) atoms. The predicted molar refractivity (Wildman–Crippen MR) is 84.7 cm³/mol. The van der Waals surface area contributed by atoms with E-state index in [0.717, 1.165) is 0 Å². The molecule has 1 fully saturated rings. The predicted octanol–water partition coefficient (Wildman–Crippen LogP) is 6.17. The minimum Gasteiger partial charge on any atom is -0.0654 e. The molecule has 1 aromatic carbocycles. The van der Waals surface area contributed by atoms with Crippen molar-refractivity contribution < 1.29 is 0 Å². The van der Waals surface area contributed by atoms with Gasteiger partial charge in [-0.05, 0) is 37.2 Å². The van der Waals surface area contributed by atoms with Crippen molar-refractivity contribution in [1.29, 1.82) is 0 Å². The Morgan fingerprint density at radius 2 is 1.42 bits per heavy atom. The van der Waals surface area contributed by atoms with E-state index < -0.39 is 0 Å². The van der Waals surface area contributed by atoms with Gasteiger partial charge in [-0.2, -0.15) is 0 Å². The molecule has 1 saturated carbocycles. The summed E-state index contributed by atoms with van der Waals surface area (Å²) in [6, 6.07) is 9.29. The first-order valence-corrected chi connectivity index (χ1v) is 8.34. The molecule has 1 aliphatic rings. The third-order valence-electron chi connectivity index (χ3n) is 4.78. The molecule has 0 radical (unpaired) electrons. The molecule has 1 aromatic rings. The molecule has 0 atom stereocenters. The Hall–Kier alpha value is -0.780. The molecule has 0 saturated heterocycles. The van der Waals surface area contributed by atoms with Crippen LogP contribution < -0.4 is 0 Å². The summed E-state index contributed by atoms with van der Waals surface area (Å²) in [5.74, 6) is 0. The summed E-state index contributed by atoms with van der Waals surface area (Å²) in [5.41, 5.74) is 3.57. The topological polar surface area (TPSA) is 0 Å². The van der Waals surface area contributed by atoms with Crippen LogP contribution in [0, 0.1) is 6.92 Å². The zero-order chi connectivity index (χ0) is 13.6. The second-order valence-corrected chi connectivity index (χ2v) is 6.52. The summed E-state index contributed by atoms with van der Waals surface area (Å²) >= 11 is 0. The molecule has 2 rings (SSSR count). The van der Waals surface area contributed by atoms with Gasteiger partial charge in [0.05, 0.1) is 0 Å². The maximum atomic E-state index is 2.36. The van der Waals surface area contributed by atoms with E-state index in [4.69, 9.17) is 0 Å². The number of aryl methyl sites for hydroxylation is 1. The quantitative estimate of drug-likeness (QED) is 0.465. The van der Waals surface area contributed by atoms with Crippen LogP contribution in [-0.2, 0) is 5.41 Å². The van der Waals surface area contributed by atoms with Crippen molar-refractivity contribution in [3.63, 3.8) is 0 Å². The summed E-state index contributed by atoms with van der Waals surface area (Å²) in [6.07, 6.45) is 14.3. The number of unbranched alkanes of at least 4 members (excludes halogenated alkanes) is 6. The Labute approximate surface area is 119 Å². The lowest BCUT2D eigenvalue weighted by atomic mass is 9.89. The standard InChI is InChI=1S/C19H30/c1-3-4-5-6-7-8-9-14-19(15-16-19)18-12-10-17(2)11-13-18/h10-13H,3-9,14-16H2,1-2H3. The molecular formula is C19H30. The summed E-state index contributed by atoms with van der Waals surface area (Å²) in [6.45, 7) is 4.47. The monoisotopic (exact) mass is 258 g/mol. The fraction of sp³-hybridized carbons (Fsp3) is 0.684. The third kappa shape index (κ3) is 4.37. The van der Waals surface area contributed by atoms with Gasteiger partial charge in [-0.25, -0.2) is 0 Å². The number of rotatable bonds is 9. The van der Waals surface area contributed by atoms with Crippen LogP contribution in [-0.4, -0.2) is 0 Å². The highest BCUT2D eigenvalue weighted by atomic mass is 14.5. The number of benzene rings is 1. The van der Waals surface area contributed by atoms with Crippen molar-refractivity contribution in [1.82, 2.24) is 0 Å². The highest BCUT2D eigenvalue weighted by Gasteiger charge is 2.42. The lowest BCUT2D eigenvalue weighted by molar-refractivity contribution is 0.525. The van der Waals surface area contributed by atoms with Crippen molar-refractivity contribution in [2.24, 2.45) is 0 Å². The van der Waals surface area contributed by atoms with Crippen LogP contribution in [0.3, 0.4) is 0 Å². The largest absolute Gasteiger partial charge is 0.0654 e. The Morgan fingerprint density at radius 3 is 2.00 bits per heavy atom. The van der Waals surface area contributed by atoms with Gasteiger partial charge in [0, 0.05) is 0 Å². The maximum Gasteiger partial charge on any atom is -0.00463 e. The van der Waals surface area contributed by atoms with E-state index in [0.29, 0.717) is 5.41 Å². The van der Waals surface area contributed by atoms with Gasteiger partial charge in [-0.3, -0.25) is 0 Å². The second-order valence-electron chi connectivity index (χ2n) is 6.52. The minimum absolute atomic E-state index is 0.580. The van der Waals surface area contributed by atoms with Gasteiger partial charge in [0.25, 0.3) is 0 Å². The first-order valence-electron chi connectivity index (χ1n) is 8.34. The smallest absolute Gasteiger partial charge is 0.00463 e. The van der Waals surface area contributed by atoms with Gasteiger partial charge in [0.1, 0.15) is 0 Å². The second kappa shape index (κ2) is 7.12. The molecule has 0 aliphatic heterocycles. The van der Waals surface area contributed by atoms with E-state index in [1.165, 1.54) is 69.8 Å². The van der Waals surface area contributed by atoms with Crippen molar-refractivity contribution in [2.75, 3.05) is 0 Å². The molecule has 106 valence electrons. The van der Waals surface area contributed by atoms with E-state index in [1.807, 2.05) is 0 Å². The number of hydrogen-bond acceptors (Lipinski definition) is 0. The van der Waals surface area contributed by atoms with Crippen LogP contribution in [0.2, 0.25) is 0 Å². The summed E-state index contributed by atoms with van der Waals surface area (Å²) < 4.78 is 0. The van der Waals surface area contributed by atoms with E-state index in [1.54, 1.807) is 5.56 Å². The Bertz CT molecular complexity index is 356. The average Bonchev–Trinajstić information content (AvgIpc) is 3.20. The molecule has 0 amide bonds. The third-order valence-corrected chi connectivity index (χ3v) is 4.78. The first kappa shape index (κ1) is 14.6. The van der Waals surface area contributed by atoms with Crippen LogP contribution in [0.15, 0.2) is 24.3 Å². The van der Waals surface area contributed by atoms with Gasteiger partial charge in [-0.15, -0.1) is 0 Å². The van der Waals surface area contributed by atoms with Gasteiger partial charge >= 0.3 is 0 Å². The molecule has 0 nitrogen and oxygen atoms in total. The zero-order valence-corrected chi connectivity index (χ0v) is 12.9. The van der Waals surface area contributed by atoms with Crippen LogP contribution in [0.5, 0.6) is 0 Å². The molecular weight excluding hydrogens is 228 g/mol. The SMILES string of the molecule is CCCCCCCCCC1(c2ccc(C)cc2)CC1. The highest BCUT2D eigenvalue weighted by Crippen LogP contribution is 2.52. The fourth-order valence-corrected chi connectivity index (χ4v) is 3.16. The van der Waals surface area contributed by atoms with Crippen LogP contribution in [0.1, 0.15) is 82.3 Å². The summed E-state index contributed by atoms with van der Waals surface area (Å²) in [5, 5.41) is 0. The van der Waals surface area contributed by atoms with Crippen molar-refractivity contribution in [3.8, 4) is 0 Å². The van der Waals surface area contributed by atoms with Crippen LogP contribution >= 0.6 is 0 Å². The van der Waals surface area contributed by atoms with Crippen LogP contribution in [0.4, 0.5) is 0 Å². The van der Waals surface area contributed by atoms with E-state index in [9.17, 15) is 0 Å². The molecule has 1 aliphatic carbocycles. The Balaban J connectivity index is 1.66. The molecule has 0 spiro atoms. The van der Waals surface area contributed by atoms with Crippen LogP contribution in [0.25, 0.3) is 0 Å². The maximum absolute atomic E-state index is 2.36. The Morgan fingerprint density at radius 1 is 0.842 bits per heavy atom. The molecule has 0 N–H and O–H groups in total. The lowest BCUT2D eigenvalue weighted by Crippen LogP contribution is -2.06. The van der Waals surface area contributed by atoms with E-state index in [2.05, 4.69) is 38.1 Å². The van der Waals surface area contributed by atoms with Gasteiger partial charge < -0.3 is 0 Å². The molecule has 0 heteroatoms. The minimum atomic E-state index is 0.580. The normalized spacial score (nSPS) is 16.5. The Kier molecular flexibility index (Phi) is 5.48. The zero-order valence-electron chi connectivity index (χ0n) is 12.9. The first-order chi connectivity index (χ1) is 9.27. The summed E-state index contributed by atoms with van der Waals surface area (Å²) in [4.78, 5) is 0. The molecule has 0 aromatic heterocycles. The number of hydrogen-bond donors (Lipinski definition) is 0. The average molecular weight is 258 g/mol. The van der Waals surface area contributed by atoms with Crippen molar-refractivity contribution >= 4 is 0 Å². The highest BCUT2D eigenvalue weighted by molar-refractivity contribution is 5.33. The fourth-order valence-electron chi connectivity index (χ4n) is 3.16. The van der Waals surface area contributed by atoms with Crippen molar-refractivity contribution in [2.45, 2.75) is 83.5 Å². The van der Waals surface area contributed by atoms with Crippen molar-refractivity contribution in [3.05, 3.63) is 35.4 Å². The molecule has 0 unspecified atom stereocenters. The molecule has 0 bridgehead atoms. The molecule has 0 heterocycles. The summed E-state index contributed by atoms with van der Waals surface area (Å²) in [7, 11) is 0.